The van der Waals surface area contributed by atoms with E-state index in [4.69, 9.17) is 0 Å². The van der Waals surface area contributed by atoms with Crippen LogP contribution in [0.15, 0.2) is 48.5 Å². The maximum atomic E-state index is 9.56. The van der Waals surface area contributed by atoms with E-state index >= 15 is 0 Å². The largest absolute Gasteiger partial charge is 0.508 e. The number of hydrogen-bond acceptors (Lipinski definition) is 1. The van der Waals surface area contributed by atoms with Crippen LogP contribution in [0.1, 0.15) is 33.3 Å². The summed E-state index contributed by atoms with van der Waals surface area (Å²) in [7, 11) is 0. The molecular formula is C17H24O. The van der Waals surface area contributed by atoms with Gasteiger partial charge in [0.1, 0.15) is 5.75 Å². The van der Waals surface area contributed by atoms with Crippen molar-refractivity contribution in [2.75, 3.05) is 0 Å². The van der Waals surface area contributed by atoms with Crippen molar-refractivity contribution in [3.05, 3.63) is 54.1 Å². The number of aromatic hydroxyl groups is 1. The lowest BCUT2D eigenvalue weighted by atomic mass is 10.0. The van der Waals surface area contributed by atoms with E-state index in [-0.39, 0.29) is 0 Å². The van der Waals surface area contributed by atoms with Crippen molar-refractivity contribution in [3.8, 4) is 16.9 Å². The van der Waals surface area contributed by atoms with E-state index in [1.165, 1.54) is 0 Å². The van der Waals surface area contributed by atoms with Gasteiger partial charge in [0, 0.05) is 0 Å². The fourth-order valence-electron chi connectivity index (χ4n) is 1.55. The fraction of sp³-hybridized carbons (Fsp3) is 0.294. The number of phenols is 1. The van der Waals surface area contributed by atoms with E-state index in [1.54, 1.807) is 6.07 Å². The smallest absolute Gasteiger partial charge is 0.119 e. The molecule has 1 nitrogen and oxygen atoms in total. The van der Waals surface area contributed by atoms with Crippen molar-refractivity contribution in [1.29, 1.82) is 0 Å². The average Bonchev–Trinajstić information content (AvgIpc) is 2.47. The monoisotopic (exact) mass is 244 g/mol. The SMILES string of the molecule is CC.CC.Cc1c(O)cccc1-c1ccccc1. The normalized spacial score (nSPS) is 8.50. The lowest BCUT2D eigenvalue weighted by molar-refractivity contribution is 0.471. The fourth-order valence-corrected chi connectivity index (χ4v) is 1.55. The highest BCUT2D eigenvalue weighted by Gasteiger charge is 2.03. The molecule has 0 saturated heterocycles. The van der Waals surface area contributed by atoms with Crippen molar-refractivity contribution in [1.82, 2.24) is 0 Å². The number of rotatable bonds is 1. The van der Waals surface area contributed by atoms with Crippen molar-refractivity contribution >= 4 is 0 Å². The highest BCUT2D eigenvalue weighted by atomic mass is 16.3. The lowest BCUT2D eigenvalue weighted by Crippen LogP contribution is -1.82. The van der Waals surface area contributed by atoms with E-state index in [2.05, 4.69) is 0 Å². The molecule has 0 spiro atoms. The zero-order chi connectivity index (χ0) is 14.0. The van der Waals surface area contributed by atoms with Gasteiger partial charge in [-0.3, -0.25) is 0 Å². The Morgan fingerprint density at radius 1 is 0.722 bits per heavy atom. The predicted octanol–water partition coefficient (Wildman–Crippen LogP) is 5.42. The topological polar surface area (TPSA) is 20.2 Å². The molecule has 98 valence electrons. The highest BCUT2D eigenvalue weighted by molar-refractivity contribution is 5.69. The van der Waals surface area contributed by atoms with Crippen LogP contribution in [0.5, 0.6) is 5.75 Å². The van der Waals surface area contributed by atoms with E-state index in [0.717, 1.165) is 16.7 Å². The molecule has 0 aliphatic rings. The van der Waals surface area contributed by atoms with Crippen LogP contribution in [0.25, 0.3) is 11.1 Å². The molecule has 0 atom stereocenters. The van der Waals surface area contributed by atoms with E-state index in [9.17, 15) is 5.11 Å². The van der Waals surface area contributed by atoms with Crippen LogP contribution in [-0.4, -0.2) is 5.11 Å². The maximum absolute atomic E-state index is 9.56. The zero-order valence-electron chi connectivity index (χ0n) is 12.1. The summed E-state index contributed by atoms with van der Waals surface area (Å²) in [5.41, 5.74) is 3.16. The molecule has 0 aliphatic heterocycles. The van der Waals surface area contributed by atoms with Crippen molar-refractivity contribution in [2.24, 2.45) is 0 Å². The van der Waals surface area contributed by atoms with Gasteiger partial charge in [0.15, 0.2) is 0 Å². The Labute approximate surface area is 111 Å². The van der Waals surface area contributed by atoms with Crippen LogP contribution >= 0.6 is 0 Å². The van der Waals surface area contributed by atoms with Gasteiger partial charge in [-0.05, 0) is 29.7 Å². The molecule has 0 aliphatic carbocycles. The zero-order valence-corrected chi connectivity index (χ0v) is 12.1. The minimum absolute atomic E-state index is 0.353. The van der Waals surface area contributed by atoms with Crippen LogP contribution in [0.3, 0.4) is 0 Å². The van der Waals surface area contributed by atoms with Crippen LogP contribution in [0, 0.1) is 6.92 Å². The van der Waals surface area contributed by atoms with Gasteiger partial charge in [0.05, 0.1) is 0 Å². The van der Waals surface area contributed by atoms with Gasteiger partial charge in [0.2, 0.25) is 0 Å². The van der Waals surface area contributed by atoms with Crippen LogP contribution in [-0.2, 0) is 0 Å². The Kier molecular flexibility index (Phi) is 8.38. The third-order valence-corrected chi connectivity index (χ3v) is 2.39. The van der Waals surface area contributed by atoms with Crippen LogP contribution < -0.4 is 0 Å². The number of phenolic OH excluding ortho intramolecular Hbond substituents is 1. The molecule has 0 fully saturated rings. The van der Waals surface area contributed by atoms with E-state index in [0.29, 0.717) is 5.75 Å². The third-order valence-electron chi connectivity index (χ3n) is 2.39. The van der Waals surface area contributed by atoms with Gasteiger partial charge in [-0.2, -0.15) is 0 Å². The first kappa shape index (κ1) is 16.2. The first-order valence-corrected chi connectivity index (χ1v) is 6.63. The van der Waals surface area contributed by atoms with Gasteiger partial charge in [0.25, 0.3) is 0 Å². The van der Waals surface area contributed by atoms with Gasteiger partial charge in [-0.25, -0.2) is 0 Å². The summed E-state index contributed by atoms with van der Waals surface area (Å²) in [6, 6.07) is 15.7. The molecule has 0 heterocycles. The first-order chi connectivity index (χ1) is 8.79. The van der Waals surface area contributed by atoms with Gasteiger partial charge in [-0.1, -0.05) is 70.2 Å². The molecular weight excluding hydrogens is 220 g/mol. The maximum Gasteiger partial charge on any atom is 0.119 e. The quantitative estimate of drug-likeness (QED) is 0.710. The molecule has 0 unspecified atom stereocenters. The molecule has 1 heteroatoms. The highest BCUT2D eigenvalue weighted by Crippen LogP contribution is 2.28. The second kappa shape index (κ2) is 9.29. The first-order valence-electron chi connectivity index (χ1n) is 6.63. The molecule has 1 N–H and O–H groups in total. The third kappa shape index (κ3) is 4.25. The van der Waals surface area contributed by atoms with Gasteiger partial charge < -0.3 is 5.11 Å². The lowest BCUT2D eigenvalue weighted by Gasteiger charge is -2.06. The molecule has 0 amide bonds. The van der Waals surface area contributed by atoms with Crippen molar-refractivity contribution in [3.63, 3.8) is 0 Å². The Morgan fingerprint density at radius 2 is 1.28 bits per heavy atom. The summed E-state index contributed by atoms with van der Waals surface area (Å²) in [6.07, 6.45) is 0. The van der Waals surface area contributed by atoms with E-state index < -0.39 is 0 Å². The van der Waals surface area contributed by atoms with Crippen molar-refractivity contribution < 1.29 is 5.11 Å². The van der Waals surface area contributed by atoms with Gasteiger partial charge in [-0.15, -0.1) is 0 Å². The second-order valence-electron chi connectivity index (χ2n) is 3.32. The molecule has 0 aromatic heterocycles. The summed E-state index contributed by atoms with van der Waals surface area (Å²) in [4.78, 5) is 0. The molecule has 0 saturated carbocycles. The Balaban J connectivity index is 0.000000659. The molecule has 18 heavy (non-hydrogen) atoms. The summed E-state index contributed by atoms with van der Waals surface area (Å²) < 4.78 is 0. The molecule has 2 rings (SSSR count). The van der Waals surface area contributed by atoms with Crippen molar-refractivity contribution in [2.45, 2.75) is 34.6 Å². The molecule has 2 aromatic rings. The number of hydrogen-bond donors (Lipinski definition) is 1. The second-order valence-corrected chi connectivity index (χ2v) is 3.32. The summed E-state index contributed by atoms with van der Waals surface area (Å²) in [6.45, 7) is 9.93. The van der Waals surface area contributed by atoms with E-state index in [1.807, 2.05) is 77.1 Å². The molecule has 0 bridgehead atoms. The standard InChI is InChI=1S/C13H12O.2C2H6/c1-10-12(8-5-9-13(10)14)11-6-3-2-4-7-11;2*1-2/h2-9,14H,1H3;2*1-2H3. The Morgan fingerprint density at radius 3 is 1.83 bits per heavy atom. The summed E-state index contributed by atoms with van der Waals surface area (Å²) in [5, 5.41) is 9.56. The summed E-state index contributed by atoms with van der Waals surface area (Å²) in [5.74, 6) is 0.353. The molecule has 0 radical (unpaired) electrons. The van der Waals surface area contributed by atoms with Crippen LogP contribution in [0.2, 0.25) is 0 Å². The minimum atomic E-state index is 0.353. The van der Waals surface area contributed by atoms with Gasteiger partial charge >= 0.3 is 0 Å². The molecule has 2 aromatic carbocycles. The number of benzene rings is 2. The van der Waals surface area contributed by atoms with Crippen LogP contribution in [0.4, 0.5) is 0 Å². The predicted molar refractivity (Wildman–Crippen MR) is 81.0 cm³/mol. The summed E-state index contributed by atoms with van der Waals surface area (Å²) >= 11 is 0. The minimum Gasteiger partial charge on any atom is -0.508 e. The Hall–Kier alpha value is -1.76. The average molecular weight is 244 g/mol. The Bertz CT molecular complexity index is 433.